The van der Waals surface area contributed by atoms with Gasteiger partial charge in [0.2, 0.25) is 0 Å². The third-order valence-electron chi connectivity index (χ3n) is 4.91. The monoisotopic (exact) mass is 288 g/mol. The molecular weight excluding hydrogens is 256 g/mol. The van der Waals surface area contributed by atoms with E-state index in [2.05, 4.69) is 61.4 Å². The van der Waals surface area contributed by atoms with E-state index in [0.29, 0.717) is 11.5 Å². The van der Waals surface area contributed by atoms with E-state index in [4.69, 9.17) is 0 Å². The maximum absolute atomic E-state index is 3.80. The van der Waals surface area contributed by atoms with Gasteiger partial charge in [0.05, 0.1) is 0 Å². The van der Waals surface area contributed by atoms with Crippen LogP contribution in [0.3, 0.4) is 0 Å². The fourth-order valence-corrected chi connectivity index (χ4v) is 3.47. The summed E-state index contributed by atoms with van der Waals surface area (Å²) in [4.78, 5) is 2.42. The van der Waals surface area contributed by atoms with Gasteiger partial charge < -0.3 is 10.2 Å². The molecule has 0 spiro atoms. The Balaban J connectivity index is 1.63. The molecule has 2 rings (SSSR count). The molecule has 118 valence electrons. The lowest BCUT2D eigenvalue weighted by atomic mass is 9.73. The quantitative estimate of drug-likeness (QED) is 0.761. The first-order valence-corrected chi connectivity index (χ1v) is 8.54. The van der Waals surface area contributed by atoms with E-state index in [-0.39, 0.29) is 0 Å². The Bertz CT molecular complexity index is 399. The maximum atomic E-state index is 3.80. The van der Waals surface area contributed by atoms with Gasteiger partial charge in [-0.1, -0.05) is 57.0 Å². The Morgan fingerprint density at radius 1 is 1.19 bits per heavy atom. The Hall–Kier alpha value is -0.860. The van der Waals surface area contributed by atoms with Crippen LogP contribution in [0, 0.1) is 5.41 Å². The molecule has 0 heterocycles. The lowest BCUT2D eigenvalue weighted by Gasteiger charge is -2.39. The van der Waals surface area contributed by atoms with Gasteiger partial charge >= 0.3 is 0 Å². The maximum Gasteiger partial charge on any atom is 0.0230 e. The number of rotatable bonds is 7. The van der Waals surface area contributed by atoms with Crippen LogP contribution >= 0.6 is 0 Å². The molecule has 0 aliphatic heterocycles. The van der Waals surface area contributed by atoms with Gasteiger partial charge in [-0.2, -0.15) is 0 Å². The van der Waals surface area contributed by atoms with Gasteiger partial charge in [-0.15, -0.1) is 0 Å². The van der Waals surface area contributed by atoms with Crippen molar-refractivity contribution in [1.29, 1.82) is 0 Å². The standard InChI is InChI=1S/C19H32N2/c1-19(2)13-8-7-12-18(19)20-14-9-15-21(3)16-17-10-5-4-6-11-17/h4-6,10-11,18,20H,7-9,12-16H2,1-3H3. The second-order valence-electron chi connectivity index (χ2n) is 7.32. The van der Waals surface area contributed by atoms with Gasteiger partial charge in [0, 0.05) is 12.6 Å². The van der Waals surface area contributed by atoms with E-state index in [1.54, 1.807) is 0 Å². The first-order chi connectivity index (χ1) is 10.1. The van der Waals surface area contributed by atoms with Crippen molar-refractivity contribution in [2.24, 2.45) is 5.41 Å². The van der Waals surface area contributed by atoms with Crippen molar-refractivity contribution in [2.75, 3.05) is 20.1 Å². The minimum atomic E-state index is 0.480. The summed E-state index contributed by atoms with van der Waals surface area (Å²) in [6.45, 7) is 8.20. The Morgan fingerprint density at radius 3 is 2.67 bits per heavy atom. The highest BCUT2D eigenvalue weighted by atomic mass is 15.1. The van der Waals surface area contributed by atoms with Gasteiger partial charge in [-0.05, 0) is 50.4 Å². The third-order valence-corrected chi connectivity index (χ3v) is 4.91. The molecule has 2 heteroatoms. The Morgan fingerprint density at radius 2 is 1.95 bits per heavy atom. The molecular formula is C19H32N2. The van der Waals surface area contributed by atoms with Crippen LogP contribution in [0.5, 0.6) is 0 Å². The lowest BCUT2D eigenvalue weighted by Crippen LogP contribution is -2.44. The van der Waals surface area contributed by atoms with Gasteiger partial charge in [-0.25, -0.2) is 0 Å². The second-order valence-corrected chi connectivity index (χ2v) is 7.32. The molecule has 1 saturated carbocycles. The molecule has 1 aliphatic carbocycles. The number of hydrogen-bond acceptors (Lipinski definition) is 2. The minimum Gasteiger partial charge on any atom is -0.313 e. The Kier molecular flexibility index (Phi) is 6.25. The van der Waals surface area contributed by atoms with Crippen LogP contribution in [0.4, 0.5) is 0 Å². The smallest absolute Gasteiger partial charge is 0.0230 e. The van der Waals surface area contributed by atoms with Crippen LogP contribution in [0.2, 0.25) is 0 Å². The molecule has 21 heavy (non-hydrogen) atoms. The summed E-state index contributed by atoms with van der Waals surface area (Å²) in [6.07, 6.45) is 6.77. The molecule has 1 aromatic carbocycles. The fourth-order valence-electron chi connectivity index (χ4n) is 3.47. The highest BCUT2D eigenvalue weighted by Crippen LogP contribution is 2.35. The SMILES string of the molecule is CN(CCCNC1CCCCC1(C)C)Cc1ccccc1. The molecule has 0 amide bonds. The van der Waals surface area contributed by atoms with Crippen LogP contribution in [0.1, 0.15) is 51.5 Å². The van der Waals surface area contributed by atoms with E-state index >= 15 is 0 Å². The number of hydrogen-bond donors (Lipinski definition) is 1. The molecule has 1 fully saturated rings. The molecule has 1 atom stereocenters. The average molecular weight is 288 g/mol. The predicted octanol–water partition coefficient (Wildman–Crippen LogP) is 4.07. The Labute approximate surface area is 130 Å². The minimum absolute atomic E-state index is 0.480. The number of benzene rings is 1. The highest BCUT2D eigenvalue weighted by molar-refractivity contribution is 5.14. The van der Waals surface area contributed by atoms with Crippen molar-refractivity contribution in [2.45, 2.75) is 58.5 Å². The molecule has 1 N–H and O–H groups in total. The molecule has 1 aromatic rings. The average Bonchev–Trinajstić information content (AvgIpc) is 2.46. The summed E-state index contributed by atoms with van der Waals surface area (Å²) in [5, 5.41) is 3.80. The number of nitrogens with zero attached hydrogens (tertiary/aromatic N) is 1. The molecule has 1 unspecified atom stereocenters. The van der Waals surface area contributed by atoms with E-state index in [1.165, 1.54) is 37.7 Å². The van der Waals surface area contributed by atoms with Crippen LogP contribution < -0.4 is 5.32 Å². The van der Waals surface area contributed by atoms with Crippen molar-refractivity contribution in [3.05, 3.63) is 35.9 Å². The summed E-state index contributed by atoms with van der Waals surface area (Å²) in [7, 11) is 2.22. The summed E-state index contributed by atoms with van der Waals surface area (Å²) in [5.41, 5.74) is 1.88. The zero-order valence-electron chi connectivity index (χ0n) is 14.1. The lowest BCUT2D eigenvalue weighted by molar-refractivity contribution is 0.166. The van der Waals surface area contributed by atoms with Crippen molar-refractivity contribution in [3.63, 3.8) is 0 Å². The van der Waals surface area contributed by atoms with Crippen LogP contribution in [-0.2, 0) is 6.54 Å². The van der Waals surface area contributed by atoms with Crippen molar-refractivity contribution < 1.29 is 0 Å². The van der Waals surface area contributed by atoms with Gasteiger partial charge in [0.25, 0.3) is 0 Å². The van der Waals surface area contributed by atoms with E-state index in [0.717, 1.165) is 19.6 Å². The molecule has 0 radical (unpaired) electrons. The predicted molar refractivity (Wildman–Crippen MR) is 91.4 cm³/mol. The molecule has 0 saturated heterocycles. The normalized spacial score (nSPS) is 21.6. The topological polar surface area (TPSA) is 15.3 Å². The first-order valence-electron chi connectivity index (χ1n) is 8.54. The van der Waals surface area contributed by atoms with Crippen molar-refractivity contribution in [3.8, 4) is 0 Å². The molecule has 2 nitrogen and oxygen atoms in total. The van der Waals surface area contributed by atoms with Gasteiger partial charge in [0.15, 0.2) is 0 Å². The van der Waals surface area contributed by atoms with Crippen molar-refractivity contribution >= 4 is 0 Å². The summed E-state index contributed by atoms with van der Waals surface area (Å²) >= 11 is 0. The zero-order chi connectivity index (χ0) is 15.1. The van der Waals surface area contributed by atoms with E-state index < -0.39 is 0 Å². The summed E-state index contributed by atoms with van der Waals surface area (Å²) in [6, 6.07) is 11.5. The van der Waals surface area contributed by atoms with Crippen LogP contribution in [0.25, 0.3) is 0 Å². The van der Waals surface area contributed by atoms with Gasteiger partial charge in [-0.3, -0.25) is 0 Å². The third kappa shape index (κ3) is 5.44. The highest BCUT2D eigenvalue weighted by Gasteiger charge is 2.31. The second kappa shape index (κ2) is 7.95. The van der Waals surface area contributed by atoms with E-state index in [9.17, 15) is 0 Å². The largest absolute Gasteiger partial charge is 0.313 e. The van der Waals surface area contributed by atoms with Crippen LogP contribution in [0.15, 0.2) is 30.3 Å². The summed E-state index contributed by atoms with van der Waals surface area (Å²) in [5.74, 6) is 0. The first kappa shape index (κ1) is 16.5. The van der Waals surface area contributed by atoms with Gasteiger partial charge in [0.1, 0.15) is 0 Å². The summed E-state index contributed by atoms with van der Waals surface area (Å²) < 4.78 is 0. The molecule has 1 aliphatic rings. The van der Waals surface area contributed by atoms with E-state index in [1.807, 2.05) is 0 Å². The molecule has 0 aromatic heterocycles. The fraction of sp³-hybridized carbons (Fsp3) is 0.684. The molecule has 0 bridgehead atoms. The number of nitrogens with one attached hydrogen (secondary N) is 1. The van der Waals surface area contributed by atoms with Crippen molar-refractivity contribution in [1.82, 2.24) is 10.2 Å². The zero-order valence-corrected chi connectivity index (χ0v) is 14.1. The van der Waals surface area contributed by atoms with Crippen LogP contribution in [-0.4, -0.2) is 31.1 Å².